The third-order valence-corrected chi connectivity index (χ3v) is 5.06. The van der Waals surface area contributed by atoms with Gasteiger partial charge >= 0.3 is 0 Å². The van der Waals surface area contributed by atoms with Crippen molar-refractivity contribution < 1.29 is 22.9 Å². The Labute approximate surface area is 163 Å². The van der Waals surface area contributed by atoms with E-state index in [2.05, 4.69) is 5.32 Å². The van der Waals surface area contributed by atoms with Crippen molar-refractivity contribution in [1.29, 1.82) is 0 Å². The summed E-state index contributed by atoms with van der Waals surface area (Å²) in [5.74, 6) is 0.247. The van der Waals surface area contributed by atoms with E-state index < -0.39 is 14.9 Å². The molecule has 0 heterocycles. The molecule has 0 saturated heterocycles. The summed E-state index contributed by atoms with van der Waals surface area (Å²) >= 11 is 0. The van der Waals surface area contributed by atoms with Gasteiger partial charge < -0.3 is 10.1 Å². The first-order valence-corrected chi connectivity index (χ1v) is 10.2. The van der Waals surface area contributed by atoms with Crippen molar-refractivity contribution in [2.75, 3.05) is 29.5 Å². The Morgan fingerprint density at radius 3 is 2.46 bits per heavy atom. The van der Waals surface area contributed by atoms with Crippen LogP contribution in [-0.4, -0.2) is 39.2 Å². The number of anilines is 2. The van der Waals surface area contributed by atoms with Crippen LogP contribution in [0.15, 0.2) is 48.5 Å². The lowest BCUT2D eigenvalue weighted by molar-refractivity contribution is -0.384. The number of rotatable bonds is 9. The number of amides is 1. The fourth-order valence-corrected chi connectivity index (χ4v) is 3.50. The predicted octanol–water partition coefficient (Wildman–Crippen LogP) is 2.79. The summed E-state index contributed by atoms with van der Waals surface area (Å²) in [6, 6.07) is 12.2. The highest BCUT2D eigenvalue weighted by atomic mass is 32.2. The highest BCUT2D eigenvalue weighted by Crippen LogP contribution is 2.22. The summed E-state index contributed by atoms with van der Waals surface area (Å²) in [5, 5.41) is 13.4. The maximum atomic E-state index is 12.1. The third-order valence-electron chi connectivity index (χ3n) is 3.87. The summed E-state index contributed by atoms with van der Waals surface area (Å²) in [6.45, 7) is 0.119. The molecule has 0 saturated carbocycles. The number of carbonyl (C=O) groups excluding carboxylic acids is 1. The number of non-ortho nitro benzene ring substituents is 1. The molecule has 150 valence electrons. The van der Waals surface area contributed by atoms with E-state index in [4.69, 9.17) is 4.74 Å². The quantitative estimate of drug-likeness (QED) is 0.504. The first kappa shape index (κ1) is 21.2. The number of nitro groups is 1. The molecule has 0 atom stereocenters. The molecule has 2 rings (SSSR count). The molecule has 0 aromatic heterocycles. The van der Waals surface area contributed by atoms with Crippen LogP contribution in [0.25, 0.3) is 0 Å². The van der Waals surface area contributed by atoms with Gasteiger partial charge in [0.05, 0.1) is 24.0 Å². The third kappa shape index (κ3) is 5.95. The monoisotopic (exact) mass is 407 g/mol. The molecule has 1 N–H and O–H groups in total. The van der Waals surface area contributed by atoms with E-state index in [0.717, 1.165) is 6.26 Å². The van der Waals surface area contributed by atoms with E-state index in [0.29, 0.717) is 17.1 Å². The van der Waals surface area contributed by atoms with Crippen molar-refractivity contribution >= 4 is 33.0 Å². The van der Waals surface area contributed by atoms with Gasteiger partial charge in [-0.25, -0.2) is 8.42 Å². The van der Waals surface area contributed by atoms with Crippen LogP contribution in [0.5, 0.6) is 5.75 Å². The van der Waals surface area contributed by atoms with Gasteiger partial charge in [-0.15, -0.1) is 0 Å². The molecule has 0 unspecified atom stereocenters. The number of sulfonamides is 1. The van der Waals surface area contributed by atoms with Crippen LogP contribution in [0.3, 0.4) is 0 Å². The molecule has 28 heavy (non-hydrogen) atoms. The van der Waals surface area contributed by atoms with Crippen molar-refractivity contribution in [1.82, 2.24) is 0 Å². The van der Waals surface area contributed by atoms with E-state index in [1.165, 1.54) is 29.6 Å². The summed E-state index contributed by atoms with van der Waals surface area (Å²) in [6.07, 6.45) is 1.44. The molecule has 0 aliphatic carbocycles. The second-order valence-corrected chi connectivity index (χ2v) is 7.90. The van der Waals surface area contributed by atoms with Crippen LogP contribution in [0, 0.1) is 10.1 Å². The van der Waals surface area contributed by atoms with E-state index in [1.807, 2.05) is 0 Å². The molecule has 0 bridgehead atoms. The van der Waals surface area contributed by atoms with Crippen LogP contribution in [-0.2, 0) is 14.8 Å². The number of nitrogens with one attached hydrogen (secondary N) is 1. The highest BCUT2D eigenvalue weighted by Gasteiger charge is 2.18. The van der Waals surface area contributed by atoms with Crippen LogP contribution >= 0.6 is 0 Å². The van der Waals surface area contributed by atoms with Crippen LogP contribution in [0.4, 0.5) is 17.1 Å². The Bertz CT molecular complexity index is 944. The SMILES string of the molecule is COc1ccc(N(CCCC(=O)Nc2cccc([N+](=O)[O-])c2)S(C)(=O)=O)cc1. The summed E-state index contributed by atoms with van der Waals surface area (Å²) in [7, 11) is -2.01. The minimum atomic E-state index is -3.52. The number of methoxy groups -OCH3 is 1. The van der Waals surface area contributed by atoms with Crippen molar-refractivity contribution in [3.8, 4) is 5.75 Å². The van der Waals surface area contributed by atoms with Crippen LogP contribution in [0.1, 0.15) is 12.8 Å². The molecule has 0 radical (unpaired) electrons. The number of nitro benzene ring substituents is 1. The zero-order valence-electron chi connectivity index (χ0n) is 15.5. The van der Waals surface area contributed by atoms with E-state index in [-0.39, 0.29) is 31.0 Å². The molecule has 1 amide bonds. The number of nitrogens with zero attached hydrogens (tertiary/aromatic N) is 2. The van der Waals surface area contributed by atoms with Crippen molar-refractivity contribution in [2.24, 2.45) is 0 Å². The van der Waals surface area contributed by atoms with Crippen molar-refractivity contribution in [2.45, 2.75) is 12.8 Å². The van der Waals surface area contributed by atoms with Crippen LogP contribution in [0.2, 0.25) is 0 Å². The molecule has 2 aromatic carbocycles. The Kier molecular flexibility index (Phi) is 6.94. The fourth-order valence-electron chi connectivity index (χ4n) is 2.54. The average Bonchev–Trinajstić information content (AvgIpc) is 2.64. The fraction of sp³-hybridized carbons (Fsp3) is 0.278. The first-order valence-electron chi connectivity index (χ1n) is 8.37. The lowest BCUT2D eigenvalue weighted by atomic mass is 10.2. The zero-order valence-corrected chi connectivity index (χ0v) is 16.3. The Balaban J connectivity index is 1.97. The number of hydrogen-bond acceptors (Lipinski definition) is 6. The molecule has 0 fully saturated rings. The molecule has 0 spiro atoms. The largest absolute Gasteiger partial charge is 0.497 e. The van der Waals surface area contributed by atoms with Gasteiger partial charge in [-0.2, -0.15) is 0 Å². The molecule has 9 nitrogen and oxygen atoms in total. The summed E-state index contributed by atoms with van der Waals surface area (Å²) < 4.78 is 30.4. The minimum Gasteiger partial charge on any atom is -0.497 e. The minimum absolute atomic E-state index is 0.0604. The predicted molar refractivity (Wildman–Crippen MR) is 106 cm³/mol. The molecule has 0 aliphatic heterocycles. The first-order chi connectivity index (χ1) is 13.2. The normalized spacial score (nSPS) is 10.9. The topological polar surface area (TPSA) is 119 Å². The number of benzene rings is 2. The second-order valence-electron chi connectivity index (χ2n) is 5.99. The smallest absolute Gasteiger partial charge is 0.271 e. The molecular formula is C18H21N3O6S. The van der Waals surface area contributed by atoms with Gasteiger partial charge in [0.1, 0.15) is 5.75 Å². The number of hydrogen-bond donors (Lipinski definition) is 1. The van der Waals surface area contributed by atoms with E-state index in [1.54, 1.807) is 30.3 Å². The van der Waals surface area contributed by atoms with Gasteiger partial charge in [-0.1, -0.05) is 6.07 Å². The van der Waals surface area contributed by atoms with E-state index >= 15 is 0 Å². The Hall–Kier alpha value is -3.14. The standard InChI is InChI=1S/C18H21N3O6S/c1-27-17-10-8-15(9-11-17)20(28(2,25)26)12-4-7-18(22)19-14-5-3-6-16(13-14)21(23)24/h3,5-6,8-11,13H,4,7,12H2,1-2H3,(H,19,22). The zero-order chi connectivity index (χ0) is 20.7. The number of carbonyl (C=O) groups is 1. The van der Waals surface area contributed by atoms with Gasteiger partial charge in [0.2, 0.25) is 15.9 Å². The lowest BCUT2D eigenvalue weighted by Gasteiger charge is -2.22. The Morgan fingerprint density at radius 1 is 1.21 bits per heavy atom. The summed E-state index contributed by atoms with van der Waals surface area (Å²) in [5.41, 5.74) is 0.664. The molecule has 0 aliphatic rings. The second kappa shape index (κ2) is 9.18. The van der Waals surface area contributed by atoms with Gasteiger partial charge in [0.15, 0.2) is 0 Å². The van der Waals surface area contributed by atoms with Gasteiger partial charge in [0, 0.05) is 30.8 Å². The number of ether oxygens (including phenoxy) is 1. The molecule has 2 aromatic rings. The van der Waals surface area contributed by atoms with Gasteiger partial charge in [0.25, 0.3) is 5.69 Å². The lowest BCUT2D eigenvalue weighted by Crippen LogP contribution is -2.31. The maximum Gasteiger partial charge on any atom is 0.271 e. The van der Waals surface area contributed by atoms with Crippen molar-refractivity contribution in [3.63, 3.8) is 0 Å². The van der Waals surface area contributed by atoms with Gasteiger partial charge in [-0.05, 0) is 36.8 Å². The van der Waals surface area contributed by atoms with E-state index in [9.17, 15) is 23.3 Å². The molecular weight excluding hydrogens is 386 g/mol. The maximum absolute atomic E-state index is 12.1. The molecule has 10 heteroatoms. The van der Waals surface area contributed by atoms with Gasteiger partial charge in [-0.3, -0.25) is 19.2 Å². The van der Waals surface area contributed by atoms with Crippen LogP contribution < -0.4 is 14.4 Å². The summed E-state index contributed by atoms with van der Waals surface area (Å²) in [4.78, 5) is 22.3. The highest BCUT2D eigenvalue weighted by molar-refractivity contribution is 7.92. The van der Waals surface area contributed by atoms with Crippen molar-refractivity contribution in [3.05, 3.63) is 58.6 Å². The Morgan fingerprint density at radius 2 is 1.89 bits per heavy atom. The average molecular weight is 407 g/mol.